The molecule has 0 N–H and O–H groups in total. The van der Waals surface area contributed by atoms with Gasteiger partial charge in [0.15, 0.2) is 0 Å². The van der Waals surface area contributed by atoms with E-state index in [9.17, 15) is 0 Å². The Bertz CT molecular complexity index is 574. The van der Waals surface area contributed by atoms with Crippen LogP contribution < -0.4 is 4.74 Å². The number of aryl methyl sites for hydroxylation is 1. The summed E-state index contributed by atoms with van der Waals surface area (Å²) in [5.74, 6) is 2.72. The molecule has 1 nitrogen and oxygen atoms in total. The van der Waals surface area contributed by atoms with E-state index in [4.69, 9.17) is 4.74 Å². The highest BCUT2D eigenvalue weighted by Gasteiger charge is 2.20. The number of ether oxygens (including phenoxy) is 1. The summed E-state index contributed by atoms with van der Waals surface area (Å²) in [6.45, 7) is 2.16. The van der Waals surface area contributed by atoms with Gasteiger partial charge in [-0.3, -0.25) is 0 Å². The maximum atomic E-state index is 5.22. The van der Waals surface area contributed by atoms with Crippen molar-refractivity contribution in [2.24, 2.45) is 0 Å². The van der Waals surface area contributed by atoms with Gasteiger partial charge in [-0.15, -0.1) is 11.8 Å². The summed E-state index contributed by atoms with van der Waals surface area (Å²) >= 11 is 1.98. The van der Waals surface area contributed by atoms with Crippen molar-refractivity contribution in [2.45, 2.75) is 24.2 Å². The van der Waals surface area contributed by atoms with E-state index < -0.39 is 0 Å². The molecule has 0 spiro atoms. The number of fused-ring (bicyclic) bond motifs is 1. The highest BCUT2D eigenvalue weighted by Crippen LogP contribution is 2.38. The van der Waals surface area contributed by atoms with Crippen molar-refractivity contribution in [1.82, 2.24) is 0 Å². The summed E-state index contributed by atoms with van der Waals surface area (Å²) < 4.78 is 5.22. The molecule has 2 aromatic rings. The van der Waals surface area contributed by atoms with Gasteiger partial charge < -0.3 is 4.74 Å². The fourth-order valence-corrected chi connectivity index (χ4v) is 3.87. The van der Waals surface area contributed by atoms with E-state index in [1.165, 1.54) is 27.3 Å². The lowest BCUT2D eigenvalue weighted by molar-refractivity contribution is 0.414. The molecule has 0 bridgehead atoms. The second kappa shape index (κ2) is 5.30. The monoisotopic (exact) mass is 270 g/mol. The number of benzene rings is 2. The molecule has 1 aliphatic rings. The summed E-state index contributed by atoms with van der Waals surface area (Å²) in [7, 11) is 1.71. The third-order valence-electron chi connectivity index (χ3n) is 3.72. The standard InChI is InChI=1S/C17H18OS/c1-12-3-4-14-10-15(11-19-17(14)9-12)13-5-7-16(18-2)8-6-13/h3-9,15H,10-11H2,1-2H3. The van der Waals surface area contributed by atoms with Crippen LogP contribution in [0.3, 0.4) is 0 Å². The van der Waals surface area contributed by atoms with Crippen molar-refractivity contribution in [3.05, 3.63) is 59.2 Å². The molecule has 0 radical (unpaired) electrons. The first-order valence-corrected chi connectivity index (χ1v) is 7.61. The first-order chi connectivity index (χ1) is 9.26. The minimum atomic E-state index is 0.617. The summed E-state index contributed by atoms with van der Waals surface area (Å²) in [6, 6.07) is 15.3. The van der Waals surface area contributed by atoms with Gasteiger partial charge in [-0.2, -0.15) is 0 Å². The highest BCUT2D eigenvalue weighted by molar-refractivity contribution is 7.99. The van der Waals surface area contributed by atoms with Crippen molar-refractivity contribution in [3.8, 4) is 5.75 Å². The van der Waals surface area contributed by atoms with Gasteiger partial charge in [0.05, 0.1) is 7.11 Å². The molecule has 98 valence electrons. The molecule has 1 aliphatic heterocycles. The van der Waals surface area contributed by atoms with Gasteiger partial charge >= 0.3 is 0 Å². The normalized spacial score (nSPS) is 17.9. The van der Waals surface area contributed by atoms with Crippen LogP contribution in [0.1, 0.15) is 22.6 Å². The van der Waals surface area contributed by atoms with Crippen LogP contribution in [0.15, 0.2) is 47.4 Å². The van der Waals surface area contributed by atoms with E-state index in [0.717, 1.165) is 12.2 Å². The number of thioether (sulfide) groups is 1. The maximum absolute atomic E-state index is 5.22. The van der Waals surface area contributed by atoms with Crippen molar-refractivity contribution in [2.75, 3.05) is 12.9 Å². The summed E-state index contributed by atoms with van der Waals surface area (Å²) in [5.41, 5.74) is 4.26. The van der Waals surface area contributed by atoms with Gasteiger partial charge in [0, 0.05) is 10.6 Å². The molecule has 1 unspecified atom stereocenters. The van der Waals surface area contributed by atoms with Gasteiger partial charge in [0.25, 0.3) is 0 Å². The van der Waals surface area contributed by atoms with Gasteiger partial charge in [-0.25, -0.2) is 0 Å². The molecule has 0 saturated heterocycles. The minimum Gasteiger partial charge on any atom is -0.497 e. The third kappa shape index (κ3) is 2.64. The topological polar surface area (TPSA) is 9.23 Å². The predicted octanol–water partition coefficient (Wildman–Crippen LogP) is 4.44. The van der Waals surface area contributed by atoms with Crippen molar-refractivity contribution >= 4 is 11.8 Å². The number of hydrogen-bond donors (Lipinski definition) is 0. The molecule has 1 heterocycles. The van der Waals surface area contributed by atoms with E-state index in [1.54, 1.807) is 7.11 Å². The Hall–Kier alpha value is -1.41. The fourth-order valence-electron chi connectivity index (χ4n) is 2.57. The molecule has 1 atom stereocenters. The van der Waals surface area contributed by atoms with Crippen LogP contribution >= 0.6 is 11.8 Å². The van der Waals surface area contributed by atoms with Crippen LogP contribution in [0.5, 0.6) is 5.75 Å². The molecule has 0 aliphatic carbocycles. The first-order valence-electron chi connectivity index (χ1n) is 6.62. The predicted molar refractivity (Wildman–Crippen MR) is 81.3 cm³/mol. The number of hydrogen-bond acceptors (Lipinski definition) is 2. The maximum Gasteiger partial charge on any atom is 0.118 e. The van der Waals surface area contributed by atoms with Gasteiger partial charge in [0.1, 0.15) is 5.75 Å². The first kappa shape index (κ1) is 12.6. The summed E-state index contributed by atoms with van der Waals surface area (Å²) in [6.07, 6.45) is 1.15. The Morgan fingerprint density at radius 3 is 2.63 bits per heavy atom. The Labute approximate surface area is 119 Å². The van der Waals surface area contributed by atoms with Crippen LogP contribution in [0, 0.1) is 6.92 Å². The largest absolute Gasteiger partial charge is 0.497 e. The second-order valence-corrected chi connectivity index (χ2v) is 6.16. The second-order valence-electron chi connectivity index (χ2n) is 5.10. The molecule has 0 aromatic heterocycles. The average Bonchev–Trinajstić information content (AvgIpc) is 2.47. The van der Waals surface area contributed by atoms with E-state index in [1.807, 2.05) is 11.8 Å². The molecule has 0 saturated carbocycles. The zero-order valence-corrected chi connectivity index (χ0v) is 12.2. The Balaban J connectivity index is 1.82. The lowest BCUT2D eigenvalue weighted by Crippen LogP contribution is -2.11. The lowest BCUT2D eigenvalue weighted by Gasteiger charge is -2.25. The highest BCUT2D eigenvalue weighted by atomic mass is 32.2. The summed E-state index contributed by atoms with van der Waals surface area (Å²) in [5, 5.41) is 0. The van der Waals surface area contributed by atoms with Crippen LogP contribution in [0.2, 0.25) is 0 Å². The fraction of sp³-hybridized carbons (Fsp3) is 0.294. The Morgan fingerprint density at radius 2 is 1.89 bits per heavy atom. The molecular weight excluding hydrogens is 252 g/mol. The van der Waals surface area contributed by atoms with Gasteiger partial charge in [-0.05, 0) is 48.6 Å². The molecule has 2 aromatic carbocycles. The van der Waals surface area contributed by atoms with Crippen LogP contribution in [0.25, 0.3) is 0 Å². The quantitative estimate of drug-likeness (QED) is 0.798. The van der Waals surface area contributed by atoms with E-state index in [2.05, 4.69) is 49.4 Å². The molecular formula is C17H18OS. The molecule has 19 heavy (non-hydrogen) atoms. The van der Waals surface area contributed by atoms with Crippen LogP contribution in [-0.4, -0.2) is 12.9 Å². The SMILES string of the molecule is COc1ccc(C2CSc3cc(C)ccc3C2)cc1. The van der Waals surface area contributed by atoms with Crippen molar-refractivity contribution in [3.63, 3.8) is 0 Å². The molecule has 0 amide bonds. The zero-order valence-electron chi connectivity index (χ0n) is 11.3. The van der Waals surface area contributed by atoms with Crippen molar-refractivity contribution in [1.29, 1.82) is 0 Å². The average molecular weight is 270 g/mol. The van der Waals surface area contributed by atoms with Crippen molar-refractivity contribution < 1.29 is 4.74 Å². The molecule has 0 fully saturated rings. The summed E-state index contributed by atoms with van der Waals surface area (Å²) in [4.78, 5) is 1.46. The van der Waals surface area contributed by atoms with Gasteiger partial charge in [0.2, 0.25) is 0 Å². The Kier molecular flexibility index (Phi) is 3.52. The number of methoxy groups -OCH3 is 1. The van der Waals surface area contributed by atoms with E-state index >= 15 is 0 Å². The number of rotatable bonds is 2. The molecule has 3 rings (SSSR count). The molecule has 2 heteroatoms. The van der Waals surface area contributed by atoms with Gasteiger partial charge in [-0.1, -0.05) is 29.8 Å². The van der Waals surface area contributed by atoms with E-state index in [0.29, 0.717) is 5.92 Å². The lowest BCUT2D eigenvalue weighted by atomic mass is 9.92. The van der Waals surface area contributed by atoms with Crippen LogP contribution in [-0.2, 0) is 6.42 Å². The zero-order chi connectivity index (χ0) is 13.2. The van der Waals surface area contributed by atoms with Crippen LogP contribution in [0.4, 0.5) is 0 Å². The minimum absolute atomic E-state index is 0.617. The Morgan fingerprint density at radius 1 is 1.11 bits per heavy atom. The smallest absolute Gasteiger partial charge is 0.118 e. The van der Waals surface area contributed by atoms with E-state index in [-0.39, 0.29) is 0 Å². The third-order valence-corrected chi connectivity index (χ3v) is 4.98.